The summed E-state index contributed by atoms with van der Waals surface area (Å²) >= 11 is 0. The van der Waals surface area contributed by atoms with E-state index in [1.165, 1.54) is 57.8 Å². The van der Waals surface area contributed by atoms with Crippen LogP contribution < -0.4 is 0 Å². The van der Waals surface area contributed by atoms with Crippen LogP contribution in [0.3, 0.4) is 0 Å². The number of hydrogen-bond donors (Lipinski definition) is 7. The lowest BCUT2D eigenvalue weighted by Gasteiger charge is -2.42. The first-order valence-electron chi connectivity index (χ1n) is 25.2. The molecule has 0 aromatic carbocycles. The van der Waals surface area contributed by atoms with Crippen molar-refractivity contribution in [3.63, 3.8) is 0 Å². The van der Waals surface area contributed by atoms with E-state index in [0.29, 0.717) is 12.8 Å². The van der Waals surface area contributed by atoms with E-state index in [4.69, 9.17) is 28.4 Å². The van der Waals surface area contributed by atoms with Gasteiger partial charge in [0.15, 0.2) is 18.7 Å². The molecule has 2 aliphatic heterocycles. The summed E-state index contributed by atoms with van der Waals surface area (Å²) < 4.78 is 33.5. The molecule has 7 N–H and O–H groups in total. The second-order valence-corrected chi connectivity index (χ2v) is 17.6. The van der Waals surface area contributed by atoms with Gasteiger partial charge in [-0.2, -0.15) is 0 Å². The van der Waals surface area contributed by atoms with E-state index in [-0.39, 0.29) is 19.4 Å². The molecule has 15 nitrogen and oxygen atoms in total. The molecule has 15 heteroatoms. The topological polar surface area (TPSA) is 231 Å². The fourth-order valence-corrected chi connectivity index (χ4v) is 7.64. The van der Waals surface area contributed by atoms with E-state index in [1.807, 2.05) is 0 Å². The van der Waals surface area contributed by atoms with E-state index in [0.717, 1.165) is 70.6 Å². The monoisotopic (exact) mass is 941 g/mol. The van der Waals surface area contributed by atoms with Crippen LogP contribution in [0.15, 0.2) is 48.6 Å². The number of esters is 2. The van der Waals surface area contributed by atoms with E-state index < -0.39 is 99.3 Å². The molecule has 2 rings (SSSR count). The molecule has 0 radical (unpaired) electrons. The molecule has 0 saturated carbocycles. The minimum absolute atomic E-state index is 0.140. The first-order chi connectivity index (χ1) is 32.0. The second-order valence-electron chi connectivity index (χ2n) is 17.6. The molecule has 4 unspecified atom stereocenters. The van der Waals surface area contributed by atoms with Gasteiger partial charge in [0, 0.05) is 12.8 Å². The van der Waals surface area contributed by atoms with Gasteiger partial charge in [-0.25, -0.2) is 0 Å². The molecule has 382 valence electrons. The molecule has 0 aromatic heterocycles. The number of carbonyl (C=O) groups excluding carboxylic acids is 2. The van der Waals surface area contributed by atoms with Gasteiger partial charge in [-0.05, 0) is 70.6 Å². The molecule has 0 bridgehead atoms. The molecule has 2 heterocycles. The zero-order valence-electron chi connectivity index (χ0n) is 40.2. The maximum Gasteiger partial charge on any atom is 0.306 e. The molecule has 2 saturated heterocycles. The van der Waals surface area contributed by atoms with Crippen molar-refractivity contribution < 1.29 is 73.8 Å². The summed E-state index contributed by atoms with van der Waals surface area (Å²) in [4.78, 5) is 25.7. The fraction of sp³-hybridized carbons (Fsp3) is 0.804. The summed E-state index contributed by atoms with van der Waals surface area (Å²) in [5, 5.41) is 72.0. The van der Waals surface area contributed by atoms with Crippen LogP contribution >= 0.6 is 0 Å². The Morgan fingerprint density at radius 3 is 1.55 bits per heavy atom. The Balaban J connectivity index is 1.84. The predicted octanol–water partition coefficient (Wildman–Crippen LogP) is 6.71. The Morgan fingerprint density at radius 1 is 0.500 bits per heavy atom. The number of hydrogen-bond acceptors (Lipinski definition) is 15. The molecule has 11 atom stereocenters. The molecule has 66 heavy (non-hydrogen) atoms. The van der Waals surface area contributed by atoms with E-state index in [1.54, 1.807) is 0 Å². The number of aliphatic hydroxyl groups excluding tert-OH is 7. The van der Waals surface area contributed by atoms with Crippen molar-refractivity contribution in [2.75, 3.05) is 26.4 Å². The molecule has 2 aliphatic rings. The highest BCUT2D eigenvalue weighted by Crippen LogP contribution is 2.26. The molecule has 0 spiro atoms. The average molecular weight is 941 g/mol. The van der Waals surface area contributed by atoms with Gasteiger partial charge in [0.1, 0.15) is 55.4 Å². The summed E-state index contributed by atoms with van der Waals surface area (Å²) in [6, 6.07) is 0. The molecule has 2 fully saturated rings. The van der Waals surface area contributed by atoms with E-state index in [2.05, 4.69) is 62.5 Å². The maximum atomic E-state index is 13.0. The van der Waals surface area contributed by atoms with Crippen molar-refractivity contribution in [1.82, 2.24) is 0 Å². The Labute approximate surface area is 395 Å². The van der Waals surface area contributed by atoms with Crippen LogP contribution in [0.5, 0.6) is 0 Å². The summed E-state index contributed by atoms with van der Waals surface area (Å²) in [7, 11) is 0. The van der Waals surface area contributed by atoms with Gasteiger partial charge in [0.25, 0.3) is 0 Å². The normalized spacial score (nSPS) is 26.6. The fourth-order valence-electron chi connectivity index (χ4n) is 7.64. The van der Waals surface area contributed by atoms with Crippen molar-refractivity contribution >= 4 is 11.9 Å². The predicted molar refractivity (Wildman–Crippen MR) is 252 cm³/mol. The highest BCUT2D eigenvalue weighted by Gasteiger charge is 2.47. The lowest BCUT2D eigenvalue weighted by Crippen LogP contribution is -2.61. The third-order valence-corrected chi connectivity index (χ3v) is 11.8. The molecular weight excluding hydrogens is 853 g/mol. The summed E-state index contributed by atoms with van der Waals surface area (Å²) in [6.45, 7) is 2.43. The quantitative estimate of drug-likeness (QED) is 0.0194. The van der Waals surface area contributed by atoms with Gasteiger partial charge in [0.05, 0.1) is 19.8 Å². The zero-order chi connectivity index (χ0) is 48.2. The number of carbonyl (C=O) groups is 2. The molecule has 0 aromatic rings. The van der Waals surface area contributed by atoms with Crippen molar-refractivity contribution in [3.8, 4) is 0 Å². The van der Waals surface area contributed by atoms with E-state index in [9.17, 15) is 45.3 Å². The summed E-state index contributed by atoms with van der Waals surface area (Å²) in [5.74, 6) is -0.972. The number of ether oxygens (including phenoxy) is 6. The lowest BCUT2D eigenvalue weighted by atomic mass is 9.98. The first kappa shape index (κ1) is 59.6. The minimum Gasteiger partial charge on any atom is -0.462 e. The van der Waals surface area contributed by atoms with Crippen molar-refractivity contribution in [2.24, 2.45) is 0 Å². The Bertz CT molecular complexity index is 1340. The van der Waals surface area contributed by atoms with Gasteiger partial charge in [-0.3, -0.25) is 9.59 Å². The lowest BCUT2D eigenvalue weighted by molar-refractivity contribution is -0.332. The van der Waals surface area contributed by atoms with Crippen molar-refractivity contribution in [1.29, 1.82) is 0 Å². The van der Waals surface area contributed by atoms with Crippen LogP contribution in [0.4, 0.5) is 0 Å². The van der Waals surface area contributed by atoms with Crippen molar-refractivity contribution in [3.05, 3.63) is 48.6 Å². The van der Waals surface area contributed by atoms with E-state index >= 15 is 0 Å². The smallest absolute Gasteiger partial charge is 0.306 e. The number of aliphatic hydroxyl groups is 7. The van der Waals surface area contributed by atoms with Gasteiger partial charge < -0.3 is 64.2 Å². The van der Waals surface area contributed by atoms with Crippen molar-refractivity contribution in [2.45, 2.75) is 235 Å². The highest BCUT2D eigenvalue weighted by atomic mass is 16.7. The van der Waals surface area contributed by atoms with Crippen LogP contribution in [-0.4, -0.2) is 142 Å². The number of unbranched alkanes of at least 4 members (excludes halogenated alkanes) is 16. The maximum absolute atomic E-state index is 13.0. The van der Waals surface area contributed by atoms with Crippen LogP contribution in [0.25, 0.3) is 0 Å². The Hall–Kier alpha value is -2.54. The van der Waals surface area contributed by atoms with Gasteiger partial charge in [-0.1, -0.05) is 133 Å². The zero-order valence-corrected chi connectivity index (χ0v) is 40.2. The number of rotatable bonds is 38. The number of allylic oxidation sites excluding steroid dienone is 8. The second kappa shape index (κ2) is 38.3. The van der Waals surface area contributed by atoms with Gasteiger partial charge >= 0.3 is 11.9 Å². The van der Waals surface area contributed by atoms with Crippen LogP contribution in [0.1, 0.15) is 168 Å². The average Bonchev–Trinajstić information content (AvgIpc) is 3.31. The summed E-state index contributed by atoms with van der Waals surface area (Å²) in [5.41, 5.74) is 0. The molecular formula is C51H88O15. The third kappa shape index (κ3) is 26.3. The van der Waals surface area contributed by atoms with Gasteiger partial charge in [0.2, 0.25) is 0 Å². The van der Waals surface area contributed by atoms with Crippen LogP contribution in [0, 0.1) is 0 Å². The molecule has 0 amide bonds. The third-order valence-electron chi connectivity index (χ3n) is 11.8. The highest BCUT2D eigenvalue weighted by molar-refractivity contribution is 5.70. The van der Waals surface area contributed by atoms with Crippen LogP contribution in [0.2, 0.25) is 0 Å². The Kier molecular flexibility index (Phi) is 34.6. The summed E-state index contributed by atoms with van der Waals surface area (Å²) in [6.07, 6.45) is 24.3. The van der Waals surface area contributed by atoms with Gasteiger partial charge in [-0.15, -0.1) is 0 Å². The Morgan fingerprint density at radius 2 is 0.955 bits per heavy atom. The first-order valence-corrected chi connectivity index (χ1v) is 25.2. The standard InChI is InChI=1S/C51H88O15/c1-3-5-7-9-11-13-15-17-19-21-23-25-27-29-31-33-42(53)61-36-39(64-43(54)34-32-30-28-26-24-22-20-18-16-14-12-10-8-6-4-2)37-62-50-49(60)47(58)45(56)41(66-50)38-63-51-48(59)46(57)44(55)40(35-52)65-51/h6,8,12,14,18,20,23,25,39-41,44-52,55-60H,3-5,7,9-11,13,15-17,19,21-22,24,26-38H2,1-2H3/b8-6+,14-12+,20-18+,25-23+/t39-,40-,41-,44+,45+,46?,47?,48?,49?,50-,51-/m1/s1. The largest absolute Gasteiger partial charge is 0.462 e. The minimum atomic E-state index is -1.77. The van der Waals surface area contributed by atoms with Crippen LogP contribution in [-0.2, 0) is 38.0 Å². The molecule has 0 aliphatic carbocycles. The SMILES string of the molecule is CC/C=C/C/C=C/C/C=C/CCCCCCCC(=O)O[C@H](COC(=O)CCCC/C=C/CCCCCCCCCCC)CO[C@@H]1O[C@H](CO[C@@H]2O[C@H](CO)[C@H](O)C(O)C2O)[C@H](O)C(O)C1O.